The van der Waals surface area contributed by atoms with Gasteiger partial charge in [-0.1, -0.05) is 6.07 Å². The molecule has 18 heavy (non-hydrogen) atoms. The Labute approximate surface area is 111 Å². The number of thioether (sulfide) groups is 1. The van der Waals surface area contributed by atoms with Gasteiger partial charge in [0, 0.05) is 11.4 Å². The van der Waals surface area contributed by atoms with Gasteiger partial charge < -0.3 is 10.1 Å². The third-order valence-electron chi connectivity index (χ3n) is 2.85. The van der Waals surface area contributed by atoms with Gasteiger partial charge in [0.15, 0.2) is 0 Å². The van der Waals surface area contributed by atoms with E-state index in [1.54, 1.807) is 11.8 Å². The second-order valence-corrected chi connectivity index (χ2v) is 5.36. The maximum Gasteiger partial charge on any atom is 0.234 e. The van der Waals surface area contributed by atoms with E-state index >= 15 is 0 Å². The lowest BCUT2D eigenvalue weighted by atomic mass is 10.1. The molecule has 2 rings (SSSR count). The van der Waals surface area contributed by atoms with Crippen molar-refractivity contribution >= 4 is 29.6 Å². The first-order valence-corrected chi connectivity index (χ1v) is 6.85. The number of rotatable bonds is 5. The van der Waals surface area contributed by atoms with Crippen LogP contribution in [0.1, 0.15) is 5.56 Å². The number of anilines is 1. The molecule has 0 radical (unpaired) electrons. The van der Waals surface area contributed by atoms with Gasteiger partial charge in [-0.3, -0.25) is 9.69 Å². The van der Waals surface area contributed by atoms with E-state index in [9.17, 15) is 9.59 Å². The number of carbonyl (C=O) groups is 2. The minimum Gasteiger partial charge on any atom is -0.324 e. The third kappa shape index (κ3) is 3.34. The van der Waals surface area contributed by atoms with Crippen molar-refractivity contribution in [1.82, 2.24) is 4.90 Å². The molecule has 0 saturated heterocycles. The van der Waals surface area contributed by atoms with Crippen molar-refractivity contribution in [1.29, 1.82) is 0 Å². The van der Waals surface area contributed by atoms with Crippen LogP contribution in [0.25, 0.3) is 0 Å². The molecule has 0 bridgehead atoms. The van der Waals surface area contributed by atoms with E-state index in [2.05, 4.69) is 17.4 Å². The molecule has 5 heteroatoms. The third-order valence-corrected chi connectivity index (χ3v) is 3.92. The van der Waals surface area contributed by atoms with Crippen molar-refractivity contribution in [2.45, 2.75) is 11.3 Å². The average molecular weight is 264 g/mol. The van der Waals surface area contributed by atoms with E-state index < -0.39 is 0 Å². The summed E-state index contributed by atoms with van der Waals surface area (Å²) in [7, 11) is 1.92. The van der Waals surface area contributed by atoms with E-state index in [1.807, 2.05) is 18.0 Å². The minimum absolute atomic E-state index is 0.0581. The largest absolute Gasteiger partial charge is 0.324 e. The second-order valence-electron chi connectivity index (χ2n) is 4.35. The molecule has 96 valence electrons. The molecule has 1 aromatic rings. The molecule has 0 unspecified atom stereocenters. The summed E-state index contributed by atoms with van der Waals surface area (Å²) < 4.78 is 0. The molecule has 4 nitrogen and oxygen atoms in total. The van der Waals surface area contributed by atoms with E-state index in [4.69, 9.17) is 0 Å². The molecular weight excluding hydrogens is 248 g/mol. The Morgan fingerprint density at radius 1 is 1.50 bits per heavy atom. The quantitative estimate of drug-likeness (QED) is 0.817. The van der Waals surface area contributed by atoms with Gasteiger partial charge in [0.05, 0.1) is 18.0 Å². The molecule has 1 aromatic carbocycles. The van der Waals surface area contributed by atoms with E-state index in [1.165, 1.54) is 5.56 Å². The molecular formula is C13H16N2O2S. The number of likely N-dealkylation sites (N-methyl/N-ethyl adjacent to an activating group) is 1. The fraction of sp³-hybridized carbons (Fsp3) is 0.385. The number of nitrogens with zero attached hydrogens (tertiary/aromatic N) is 1. The van der Waals surface area contributed by atoms with Gasteiger partial charge in [-0.2, -0.15) is 0 Å². The van der Waals surface area contributed by atoms with Crippen molar-refractivity contribution < 1.29 is 9.59 Å². The van der Waals surface area contributed by atoms with Gasteiger partial charge in [-0.25, -0.2) is 0 Å². The van der Waals surface area contributed by atoms with E-state index in [-0.39, 0.29) is 5.91 Å². The topological polar surface area (TPSA) is 49.4 Å². The van der Waals surface area contributed by atoms with Crippen LogP contribution in [0, 0.1) is 0 Å². The Bertz CT molecular complexity index is 462. The van der Waals surface area contributed by atoms with Crippen LogP contribution in [0.15, 0.2) is 23.1 Å². The van der Waals surface area contributed by atoms with Gasteiger partial charge in [0.1, 0.15) is 6.29 Å². The summed E-state index contributed by atoms with van der Waals surface area (Å²) >= 11 is 1.57. The molecule has 0 aliphatic carbocycles. The zero-order valence-electron chi connectivity index (χ0n) is 10.3. The number of nitrogens with one attached hydrogen (secondary N) is 1. The molecule has 0 atom stereocenters. The van der Waals surface area contributed by atoms with Crippen molar-refractivity contribution in [3.8, 4) is 0 Å². The summed E-state index contributed by atoms with van der Waals surface area (Å²) in [4.78, 5) is 24.8. The van der Waals surface area contributed by atoms with Gasteiger partial charge in [-0.05, 0) is 31.2 Å². The Hall–Kier alpha value is -1.33. The minimum atomic E-state index is 0.0581. The maximum atomic E-state index is 11.3. The predicted octanol–water partition coefficient (Wildman–Crippen LogP) is 1.40. The number of hydrogen-bond acceptors (Lipinski definition) is 4. The number of fused-ring (bicyclic) bond motifs is 1. The Balaban J connectivity index is 2.00. The summed E-state index contributed by atoms with van der Waals surface area (Å²) in [6.07, 6.45) is 1.78. The lowest BCUT2D eigenvalue weighted by molar-refractivity contribution is -0.114. The average Bonchev–Trinajstić information content (AvgIpc) is 2.36. The molecule has 0 aromatic heterocycles. The molecule has 0 fully saturated rings. The molecule has 1 aliphatic rings. The SMILES string of the molecule is CN(CC=O)CCc1ccc2c(c1)NC(=O)CS2. The Morgan fingerprint density at radius 2 is 2.33 bits per heavy atom. The Kier molecular flexibility index (Phi) is 4.38. The van der Waals surface area contributed by atoms with Crippen LogP contribution in [-0.2, 0) is 16.0 Å². The molecule has 1 aliphatic heterocycles. The normalized spacial score (nSPS) is 14.2. The fourth-order valence-electron chi connectivity index (χ4n) is 1.82. The highest BCUT2D eigenvalue weighted by molar-refractivity contribution is 8.00. The van der Waals surface area contributed by atoms with Crippen LogP contribution < -0.4 is 5.32 Å². The highest BCUT2D eigenvalue weighted by Crippen LogP contribution is 2.31. The van der Waals surface area contributed by atoms with E-state index in [0.717, 1.165) is 29.8 Å². The first-order valence-electron chi connectivity index (χ1n) is 5.87. The zero-order chi connectivity index (χ0) is 13.0. The number of aldehydes is 1. The molecule has 1 N–H and O–H groups in total. The van der Waals surface area contributed by atoms with Crippen LogP contribution in [0.5, 0.6) is 0 Å². The first kappa shape index (κ1) is 13.1. The molecule has 1 amide bonds. The van der Waals surface area contributed by atoms with E-state index in [0.29, 0.717) is 12.3 Å². The highest BCUT2D eigenvalue weighted by atomic mass is 32.2. The first-order chi connectivity index (χ1) is 8.69. The molecule has 1 heterocycles. The molecule has 0 saturated carbocycles. The fourth-order valence-corrected chi connectivity index (χ4v) is 2.61. The van der Waals surface area contributed by atoms with Gasteiger partial charge in [-0.15, -0.1) is 11.8 Å². The number of amides is 1. The highest BCUT2D eigenvalue weighted by Gasteiger charge is 2.15. The van der Waals surface area contributed by atoms with Gasteiger partial charge in [0.2, 0.25) is 5.91 Å². The summed E-state index contributed by atoms with van der Waals surface area (Å²) in [6, 6.07) is 6.15. The monoisotopic (exact) mass is 264 g/mol. The molecule has 0 spiro atoms. The van der Waals surface area contributed by atoms with Crippen LogP contribution in [0.3, 0.4) is 0 Å². The second kappa shape index (κ2) is 6.02. The van der Waals surface area contributed by atoms with Gasteiger partial charge in [0.25, 0.3) is 0 Å². The summed E-state index contributed by atoms with van der Waals surface area (Å²) in [5.74, 6) is 0.553. The number of carbonyl (C=O) groups excluding carboxylic acids is 2. The van der Waals surface area contributed by atoms with Crippen LogP contribution in [0.4, 0.5) is 5.69 Å². The Morgan fingerprint density at radius 3 is 3.11 bits per heavy atom. The lowest BCUT2D eigenvalue weighted by Gasteiger charge is -2.18. The zero-order valence-corrected chi connectivity index (χ0v) is 11.1. The van der Waals surface area contributed by atoms with Crippen LogP contribution >= 0.6 is 11.8 Å². The standard InChI is InChI=1S/C13H16N2O2S/c1-15(6-7-16)5-4-10-2-3-12-11(8-10)14-13(17)9-18-12/h2-3,7-8H,4-6,9H2,1H3,(H,14,17). The summed E-state index contributed by atoms with van der Waals surface area (Å²) in [5.41, 5.74) is 2.08. The smallest absolute Gasteiger partial charge is 0.234 e. The lowest BCUT2D eigenvalue weighted by Crippen LogP contribution is -2.23. The van der Waals surface area contributed by atoms with Crippen molar-refractivity contribution in [2.75, 3.05) is 31.2 Å². The van der Waals surface area contributed by atoms with Crippen molar-refractivity contribution in [3.05, 3.63) is 23.8 Å². The number of benzene rings is 1. The van der Waals surface area contributed by atoms with Crippen molar-refractivity contribution in [3.63, 3.8) is 0 Å². The van der Waals surface area contributed by atoms with Crippen molar-refractivity contribution in [2.24, 2.45) is 0 Å². The van der Waals surface area contributed by atoms with Crippen LogP contribution in [0.2, 0.25) is 0 Å². The maximum absolute atomic E-state index is 11.3. The van der Waals surface area contributed by atoms with Gasteiger partial charge >= 0.3 is 0 Å². The summed E-state index contributed by atoms with van der Waals surface area (Å²) in [5, 5.41) is 2.88. The summed E-state index contributed by atoms with van der Waals surface area (Å²) in [6.45, 7) is 1.29. The predicted molar refractivity (Wildman–Crippen MR) is 73.1 cm³/mol. The number of hydrogen-bond donors (Lipinski definition) is 1. The van der Waals surface area contributed by atoms with Crippen LogP contribution in [-0.4, -0.2) is 43.0 Å².